The summed E-state index contributed by atoms with van der Waals surface area (Å²) in [6, 6.07) is 10.9. The molecule has 0 atom stereocenters. The van der Waals surface area contributed by atoms with Gasteiger partial charge >= 0.3 is 5.97 Å². The average Bonchev–Trinajstić information content (AvgIpc) is 2.92. The molecule has 6 nitrogen and oxygen atoms in total. The van der Waals surface area contributed by atoms with Crippen LogP contribution >= 0.6 is 22.6 Å². The van der Waals surface area contributed by atoms with E-state index >= 15 is 0 Å². The van der Waals surface area contributed by atoms with Crippen LogP contribution in [-0.2, 0) is 22.8 Å². The zero-order valence-electron chi connectivity index (χ0n) is 15.6. The van der Waals surface area contributed by atoms with Gasteiger partial charge in [0.2, 0.25) is 5.88 Å². The highest BCUT2D eigenvalue weighted by Crippen LogP contribution is 2.25. The standard InChI is InChI=1S/C18H25IN2O4Si/c1-23-18(22)16-15(19)17(25-12-14-8-6-5-7-9-14)20-21(16)13-24-10-11-26(2,3)4/h5-9H,10-13H2,1-4H3. The zero-order chi connectivity index (χ0) is 19.2. The minimum absolute atomic E-state index is 0.194. The Labute approximate surface area is 169 Å². The minimum atomic E-state index is -1.17. The number of nitrogens with zero attached hydrogens (tertiary/aromatic N) is 2. The predicted octanol–water partition coefficient (Wildman–Crippen LogP) is 4.17. The highest BCUT2D eigenvalue weighted by atomic mass is 127. The average molecular weight is 488 g/mol. The lowest BCUT2D eigenvalue weighted by Crippen LogP contribution is -2.22. The Kier molecular flexibility index (Phi) is 7.65. The second kappa shape index (κ2) is 9.52. The number of halogens is 1. The van der Waals surface area contributed by atoms with Crippen molar-refractivity contribution in [3.8, 4) is 5.88 Å². The first-order valence-electron chi connectivity index (χ1n) is 8.41. The predicted molar refractivity (Wildman–Crippen MR) is 111 cm³/mol. The molecule has 0 saturated carbocycles. The molecule has 0 aliphatic rings. The van der Waals surface area contributed by atoms with Gasteiger partial charge in [-0.1, -0.05) is 50.0 Å². The van der Waals surface area contributed by atoms with Crippen LogP contribution in [0.15, 0.2) is 30.3 Å². The van der Waals surface area contributed by atoms with E-state index in [-0.39, 0.29) is 6.73 Å². The molecule has 0 spiro atoms. The number of rotatable bonds is 9. The lowest BCUT2D eigenvalue weighted by molar-refractivity contribution is 0.0514. The van der Waals surface area contributed by atoms with Gasteiger partial charge in [-0.05, 0) is 34.2 Å². The highest BCUT2D eigenvalue weighted by molar-refractivity contribution is 14.1. The maximum Gasteiger partial charge on any atom is 0.357 e. The van der Waals surface area contributed by atoms with E-state index in [0.717, 1.165) is 11.6 Å². The first-order chi connectivity index (χ1) is 12.3. The molecule has 8 heteroatoms. The molecule has 142 valence electrons. The molecule has 2 rings (SSSR count). The normalized spacial score (nSPS) is 11.4. The molecule has 0 bridgehead atoms. The molecule has 2 aromatic rings. The van der Waals surface area contributed by atoms with Crippen LogP contribution in [0.5, 0.6) is 5.88 Å². The molecule has 26 heavy (non-hydrogen) atoms. The summed E-state index contributed by atoms with van der Waals surface area (Å²) in [5.41, 5.74) is 1.38. The summed E-state index contributed by atoms with van der Waals surface area (Å²) in [6.07, 6.45) is 0. The van der Waals surface area contributed by atoms with Gasteiger partial charge in [-0.3, -0.25) is 0 Å². The van der Waals surface area contributed by atoms with E-state index in [1.807, 2.05) is 30.3 Å². The van der Waals surface area contributed by atoms with E-state index in [9.17, 15) is 4.79 Å². The maximum atomic E-state index is 12.1. The fourth-order valence-corrected chi connectivity index (χ4v) is 3.67. The fraction of sp³-hybridized carbons (Fsp3) is 0.444. The molecule has 1 heterocycles. The van der Waals surface area contributed by atoms with Gasteiger partial charge < -0.3 is 14.2 Å². The summed E-state index contributed by atoms with van der Waals surface area (Å²) < 4.78 is 18.6. The third-order valence-electron chi connectivity index (χ3n) is 3.67. The van der Waals surface area contributed by atoms with Crippen molar-refractivity contribution in [1.82, 2.24) is 9.78 Å². The van der Waals surface area contributed by atoms with Crippen molar-refractivity contribution in [2.45, 2.75) is 39.0 Å². The Morgan fingerprint density at radius 1 is 1.23 bits per heavy atom. The molecular weight excluding hydrogens is 463 g/mol. The lowest BCUT2D eigenvalue weighted by Gasteiger charge is -2.15. The van der Waals surface area contributed by atoms with E-state index in [1.54, 1.807) is 0 Å². The molecule has 0 radical (unpaired) electrons. The van der Waals surface area contributed by atoms with Crippen molar-refractivity contribution in [2.75, 3.05) is 13.7 Å². The topological polar surface area (TPSA) is 62.6 Å². The number of esters is 1. The number of benzene rings is 1. The first-order valence-corrected chi connectivity index (χ1v) is 13.2. The molecule has 0 unspecified atom stereocenters. The summed E-state index contributed by atoms with van der Waals surface area (Å²) >= 11 is 2.06. The Hall–Kier alpha value is -1.39. The van der Waals surface area contributed by atoms with Crippen molar-refractivity contribution in [2.24, 2.45) is 0 Å². The van der Waals surface area contributed by atoms with Gasteiger partial charge in [-0.15, -0.1) is 5.10 Å². The summed E-state index contributed by atoms with van der Waals surface area (Å²) in [4.78, 5) is 12.1. The number of carbonyl (C=O) groups is 1. The Morgan fingerprint density at radius 2 is 1.92 bits per heavy atom. The summed E-state index contributed by atoms with van der Waals surface area (Å²) in [5, 5.41) is 4.40. The van der Waals surface area contributed by atoms with E-state index in [1.165, 1.54) is 11.8 Å². The van der Waals surface area contributed by atoms with Gasteiger partial charge in [0.05, 0.1) is 7.11 Å². The number of hydrogen-bond donors (Lipinski definition) is 0. The van der Waals surface area contributed by atoms with Crippen LogP contribution < -0.4 is 4.74 Å². The zero-order valence-corrected chi connectivity index (χ0v) is 18.8. The van der Waals surface area contributed by atoms with Crippen molar-refractivity contribution in [3.63, 3.8) is 0 Å². The van der Waals surface area contributed by atoms with Crippen molar-refractivity contribution in [3.05, 3.63) is 45.2 Å². The van der Waals surface area contributed by atoms with Crippen LogP contribution in [0.4, 0.5) is 0 Å². The molecule has 0 amide bonds. The summed E-state index contributed by atoms with van der Waals surface area (Å²) in [7, 11) is 0.187. The van der Waals surface area contributed by atoms with Crippen LogP contribution in [0.2, 0.25) is 25.7 Å². The Balaban J connectivity index is 2.09. The van der Waals surface area contributed by atoms with Gasteiger partial charge in [0.25, 0.3) is 0 Å². The van der Waals surface area contributed by atoms with E-state index in [4.69, 9.17) is 14.2 Å². The maximum absolute atomic E-state index is 12.1. The van der Waals surface area contributed by atoms with Crippen molar-refractivity contribution < 1.29 is 19.0 Å². The van der Waals surface area contributed by atoms with Crippen LogP contribution in [0.1, 0.15) is 16.1 Å². The molecular formula is C18H25IN2O4Si. The summed E-state index contributed by atoms with van der Waals surface area (Å²) in [5.74, 6) is -0.0473. The van der Waals surface area contributed by atoms with Gasteiger partial charge in [-0.2, -0.15) is 0 Å². The second-order valence-electron chi connectivity index (χ2n) is 7.08. The van der Waals surface area contributed by atoms with Crippen LogP contribution in [0, 0.1) is 3.57 Å². The van der Waals surface area contributed by atoms with E-state index < -0.39 is 14.0 Å². The quantitative estimate of drug-likeness (QED) is 0.230. The monoisotopic (exact) mass is 488 g/mol. The Bertz CT molecular complexity index is 729. The number of carbonyl (C=O) groups excluding carboxylic acids is 1. The SMILES string of the molecule is COC(=O)c1c(I)c(OCc2ccccc2)nn1COCC[Si](C)(C)C. The smallest absolute Gasteiger partial charge is 0.357 e. The molecule has 0 aliphatic heterocycles. The fourth-order valence-electron chi connectivity index (χ4n) is 2.15. The lowest BCUT2D eigenvalue weighted by atomic mass is 10.2. The van der Waals surface area contributed by atoms with Crippen LogP contribution in [0.25, 0.3) is 0 Å². The number of hydrogen-bond acceptors (Lipinski definition) is 5. The number of ether oxygens (including phenoxy) is 3. The molecule has 1 aromatic heterocycles. The van der Waals surface area contributed by atoms with E-state index in [2.05, 4.69) is 47.3 Å². The molecule has 0 aliphatic carbocycles. The molecule has 0 saturated heterocycles. The molecule has 0 fully saturated rings. The van der Waals surface area contributed by atoms with Crippen LogP contribution in [-0.4, -0.2) is 37.5 Å². The van der Waals surface area contributed by atoms with Gasteiger partial charge in [-0.25, -0.2) is 9.48 Å². The van der Waals surface area contributed by atoms with Crippen LogP contribution in [0.3, 0.4) is 0 Å². The third-order valence-corrected chi connectivity index (χ3v) is 6.35. The minimum Gasteiger partial charge on any atom is -0.471 e. The van der Waals surface area contributed by atoms with Crippen molar-refractivity contribution in [1.29, 1.82) is 0 Å². The number of methoxy groups -OCH3 is 1. The third kappa shape index (κ3) is 6.10. The molecule has 1 aromatic carbocycles. The molecule has 0 N–H and O–H groups in total. The van der Waals surface area contributed by atoms with Crippen molar-refractivity contribution >= 4 is 36.6 Å². The Morgan fingerprint density at radius 3 is 2.54 bits per heavy atom. The summed E-state index contributed by atoms with van der Waals surface area (Å²) in [6.45, 7) is 8.10. The van der Waals surface area contributed by atoms with E-state index in [0.29, 0.717) is 28.4 Å². The number of aromatic nitrogens is 2. The largest absolute Gasteiger partial charge is 0.471 e. The van der Waals surface area contributed by atoms with Gasteiger partial charge in [0.1, 0.15) is 16.9 Å². The highest BCUT2D eigenvalue weighted by Gasteiger charge is 2.24. The van der Waals surface area contributed by atoms with Gasteiger partial charge in [0.15, 0.2) is 5.69 Å². The second-order valence-corrected chi connectivity index (χ2v) is 13.8. The van der Waals surface area contributed by atoms with Gasteiger partial charge in [0, 0.05) is 14.7 Å². The first kappa shape index (κ1) is 20.9.